The minimum atomic E-state index is -0.487. The fourth-order valence-electron chi connectivity index (χ4n) is 1.70. The molecule has 0 spiro atoms. The fourth-order valence-corrected chi connectivity index (χ4v) is 2.99. The van der Waals surface area contributed by atoms with Crippen molar-refractivity contribution in [3.05, 3.63) is 45.3 Å². The molecule has 8 heteroatoms. The van der Waals surface area contributed by atoms with Crippen molar-refractivity contribution in [2.75, 3.05) is 18.5 Å². The number of hydrogen-bond acceptors (Lipinski definition) is 5. The van der Waals surface area contributed by atoms with Crippen molar-refractivity contribution in [3.63, 3.8) is 0 Å². The van der Waals surface area contributed by atoms with Gasteiger partial charge in [-0.3, -0.25) is 4.79 Å². The Bertz CT molecular complexity index is 697. The number of para-hydroxylation sites is 1. The molecule has 2 rings (SSSR count). The number of anilines is 1. The lowest BCUT2D eigenvalue weighted by atomic mass is 10.3. The lowest BCUT2D eigenvalue weighted by molar-refractivity contribution is -0.118. The van der Waals surface area contributed by atoms with Gasteiger partial charge in [-0.25, -0.2) is 4.79 Å². The van der Waals surface area contributed by atoms with Gasteiger partial charge in [0, 0.05) is 0 Å². The van der Waals surface area contributed by atoms with E-state index in [2.05, 4.69) is 5.32 Å². The fraction of sp³-hybridized carbons (Fsp3) is 0.200. The average molecular weight is 374 g/mol. The largest absolute Gasteiger partial charge is 0.481 e. The van der Waals surface area contributed by atoms with Crippen molar-refractivity contribution in [1.82, 2.24) is 0 Å². The summed E-state index contributed by atoms with van der Waals surface area (Å²) in [7, 11) is 0. The van der Waals surface area contributed by atoms with Crippen molar-refractivity contribution in [3.8, 4) is 5.75 Å². The number of carbonyl (C=O) groups is 2. The number of carbonyl (C=O) groups excluding carboxylic acids is 2. The van der Waals surface area contributed by atoms with Gasteiger partial charge in [0.2, 0.25) is 0 Å². The highest BCUT2D eigenvalue weighted by molar-refractivity contribution is 7.14. The van der Waals surface area contributed by atoms with E-state index in [1.165, 1.54) is 11.3 Å². The number of halogens is 2. The SMILES string of the molecule is CCOC(=O)c1ccsc1NC(=O)COc1c(Cl)cccc1Cl. The third-order valence-corrected chi connectivity index (χ3v) is 4.11. The van der Waals surface area contributed by atoms with Crippen LogP contribution in [0.15, 0.2) is 29.6 Å². The Balaban J connectivity index is 1.98. The molecule has 0 unspecified atom stereocenters. The summed E-state index contributed by atoms with van der Waals surface area (Å²) < 4.78 is 10.3. The highest BCUT2D eigenvalue weighted by Gasteiger charge is 2.17. The van der Waals surface area contributed by atoms with E-state index in [1.807, 2.05) is 0 Å². The number of amides is 1. The Morgan fingerprint density at radius 2 is 1.91 bits per heavy atom. The predicted molar refractivity (Wildman–Crippen MR) is 90.9 cm³/mol. The van der Waals surface area contributed by atoms with Crippen LogP contribution in [-0.4, -0.2) is 25.1 Å². The first-order valence-electron chi connectivity index (χ1n) is 6.64. The Hall–Kier alpha value is -1.76. The van der Waals surface area contributed by atoms with Crippen molar-refractivity contribution >= 4 is 51.4 Å². The van der Waals surface area contributed by atoms with E-state index in [0.717, 1.165) is 0 Å². The molecule has 0 atom stereocenters. The number of rotatable bonds is 6. The average Bonchev–Trinajstić information content (AvgIpc) is 2.95. The molecule has 1 N–H and O–H groups in total. The van der Waals surface area contributed by atoms with Gasteiger partial charge in [-0.05, 0) is 30.5 Å². The summed E-state index contributed by atoms with van der Waals surface area (Å²) in [5, 5.41) is 5.33. The summed E-state index contributed by atoms with van der Waals surface area (Å²) in [6, 6.07) is 6.48. The van der Waals surface area contributed by atoms with Crippen molar-refractivity contribution in [1.29, 1.82) is 0 Å². The third kappa shape index (κ3) is 4.60. The molecule has 0 aliphatic carbocycles. The third-order valence-electron chi connectivity index (χ3n) is 2.68. The van der Waals surface area contributed by atoms with Crippen molar-refractivity contribution in [2.45, 2.75) is 6.92 Å². The van der Waals surface area contributed by atoms with E-state index < -0.39 is 11.9 Å². The summed E-state index contributed by atoms with van der Waals surface area (Å²) in [6.45, 7) is 1.68. The van der Waals surface area contributed by atoms with E-state index in [9.17, 15) is 9.59 Å². The molecular formula is C15H13Cl2NO4S. The molecular weight excluding hydrogens is 361 g/mol. The lowest BCUT2D eigenvalue weighted by Crippen LogP contribution is -2.21. The molecule has 0 aliphatic rings. The van der Waals surface area contributed by atoms with E-state index >= 15 is 0 Å². The smallest absolute Gasteiger partial charge is 0.341 e. The molecule has 0 aliphatic heterocycles. The second-order valence-electron chi connectivity index (χ2n) is 4.27. The minimum absolute atomic E-state index is 0.239. The van der Waals surface area contributed by atoms with Gasteiger partial charge in [0.15, 0.2) is 12.4 Å². The van der Waals surface area contributed by atoms with E-state index in [4.69, 9.17) is 32.7 Å². The van der Waals surface area contributed by atoms with Gasteiger partial charge in [0.25, 0.3) is 5.91 Å². The maximum absolute atomic E-state index is 12.0. The van der Waals surface area contributed by atoms with Crippen molar-refractivity contribution < 1.29 is 19.1 Å². The van der Waals surface area contributed by atoms with Gasteiger partial charge >= 0.3 is 5.97 Å². The summed E-state index contributed by atoms with van der Waals surface area (Å²) in [5.74, 6) is -0.684. The quantitative estimate of drug-likeness (QED) is 0.768. The van der Waals surface area contributed by atoms with Gasteiger partial charge in [-0.2, -0.15) is 0 Å². The highest BCUT2D eigenvalue weighted by Crippen LogP contribution is 2.32. The molecule has 1 heterocycles. The Morgan fingerprint density at radius 3 is 2.57 bits per heavy atom. The molecule has 122 valence electrons. The number of thiophene rings is 1. The molecule has 0 bridgehead atoms. The van der Waals surface area contributed by atoms with Gasteiger partial charge in [-0.15, -0.1) is 11.3 Å². The summed E-state index contributed by atoms with van der Waals surface area (Å²) >= 11 is 13.1. The van der Waals surface area contributed by atoms with Crippen LogP contribution in [-0.2, 0) is 9.53 Å². The Kier molecular flexibility index (Phi) is 6.27. The van der Waals surface area contributed by atoms with Crippen LogP contribution in [0.25, 0.3) is 0 Å². The van der Waals surface area contributed by atoms with Crippen LogP contribution in [0.5, 0.6) is 5.75 Å². The monoisotopic (exact) mass is 373 g/mol. The van der Waals surface area contributed by atoms with Crippen LogP contribution >= 0.6 is 34.5 Å². The highest BCUT2D eigenvalue weighted by atomic mass is 35.5. The maximum Gasteiger partial charge on any atom is 0.341 e. The Labute approximate surface area is 147 Å². The summed E-state index contributed by atoms with van der Waals surface area (Å²) in [5.41, 5.74) is 0.306. The van der Waals surface area contributed by atoms with E-state index in [-0.39, 0.29) is 19.0 Å². The van der Waals surface area contributed by atoms with Crippen LogP contribution in [0.1, 0.15) is 17.3 Å². The van der Waals surface area contributed by atoms with Crippen LogP contribution < -0.4 is 10.1 Å². The summed E-state index contributed by atoms with van der Waals surface area (Å²) in [4.78, 5) is 23.7. The lowest BCUT2D eigenvalue weighted by Gasteiger charge is -2.10. The van der Waals surface area contributed by atoms with E-state index in [1.54, 1.807) is 36.6 Å². The van der Waals surface area contributed by atoms with E-state index in [0.29, 0.717) is 20.6 Å². The zero-order chi connectivity index (χ0) is 16.8. The number of ether oxygens (including phenoxy) is 2. The minimum Gasteiger partial charge on any atom is -0.481 e. The number of esters is 1. The first-order chi connectivity index (χ1) is 11.0. The predicted octanol–water partition coefficient (Wildman–Crippen LogP) is 4.25. The summed E-state index contributed by atoms with van der Waals surface area (Å²) in [6.07, 6.45) is 0. The molecule has 1 amide bonds. The normalized spacial score (nSPS) is 10.2. The number of nitrogens with one attached hydrogen (secondary N) is 1. The molecule has 0 fully saturated rings. The van der Waals surface area contributed by atoms with Gasteiger partial charge < -0.3 is 14.8 Å². The molecule has 0 saturated carbocycles. The zero-order valence-corrected chi connectivity index (χ0v) is 14.4. The number of hydrogen-bond donors (Lipinski definition) is 1. The second kappa shape index (κ2) is 8.19. The maximum atomic E-state index is 12.0. The van der Waals surface area contributed by atoms with Crippen LogP contribution in [0.4, 0.5) is 5.00 Å². The number of benzene rings is 1. The second-order valence-corrected chi connectivity index (χ2v) is 6.00. The molecule has 0 saturated heterocycles. The first-order valence-corrected chi connectivity index (χ1v) is 8.27. The zero-order valence-electron chi connectivity index (χ0n) is 12.1. The topological polar surface area (TPSA) is 64.6 Å². The van der Waals surface area contributed by atoms with Crippen LogP contribution in [0.2, 0.25) is 10.0 Å². The Morgan fingerprint density at radius 1 is 1.22 bits per heavy atom. The molecule has 23 heavy (non-hydrogen) atoms. The van der Waals surface area contributed by atoms with Crippen LogP contribution in [0, 0.1) is 0 Å². The standard InChI is InChI=1S/C15H13Cl2NO4S/c1-2-21-15(20)9-6-7-23-14(9)18-12(19)8-22-13-10(16)4-3-5-11(13)17/h3-7H,2,8H2,1H3,(H,18,19). The van der Waals surface area contributed by atoms with Crippen LogP contribution in [0.3, 0.4) is 0 Å². The van der Waals surface area contributed by atoms with Gasteiger partial charge in [-0.1, -0.05) is 29.3 Å². The molecule has 1 aromatic heterocycles. The van der Waals surface area contributed by atoms with Gasteiger partial charge in [0.05, 0.1) is 22.2 Å². The first kappa shape index (κ1) is 17.6. The van der Waals surface area contributed by atoms with Crippen molar-refractivity contribution in [2.24, 2.45) is 0 Å². The molecule has 1 aromatic carbocycles. The van der Waals surface area contributed by atoms with Gasteiger partial charge in [0.1, 0.15) is 5.00 Å². The molecule has 2 aromatic rings. The molecule has 0 radical (unpaired) electrons. The molecule has 5 nitrogen and oxygen atoms in total.